The molecule has 1 aromatic heterocycles. The fourth-order valence-electron chi connectivity index (χ4n) is 3.89. The Morgan fingerprint density at radius 3 is 2.43 bits per heavy atom. The van der Waals surface area contributed by atoms with E-state index >= 15 is 0 Å². The van der Waals surface area contributed by atoms with Gasteiger partial charge in [0.15, 0.2) is 0 Å². The number of nitrogens with two attached hydrogens (primary N) is 1. The molecule has 3 aromatic carbocycles. The number of benzene rings is 3. The zero-order valence-corrected chi connectivity index (χ0v) is 20.9. The molecule has 0 spiro atoms. The zero-order valence-electron chi connectivity index (χ0n) is 18.5. The lowest BCUT2D eigenvalue weighted by molar-refractivity contribution is -0.142. The van der Waals surface area contributed by atoms with Gasteiger partial charge in [0.25, 0.3) is 5.91 Å². The van der Waals surface area contributed by atoms with E-state index in [1.54, 1.807) is 12.1 Å². The molecular formula is C27H22Cl2N2O3S. The van der Waals surface area contributed by atoms with E-state index in [1.807, 2.05) is 60.0 Å². The molecule has 0 radical (unpaired) electrons. The molecule has 1 atom stereocenters. The lowest BCUT2D eigenvalue weighted by Crippen LogP contribution is -2.46. The van der Waals surface area contributed by atoms with Gasteiger partial charge in [0.05, 0.1) is 17.1 Å². The molecule has 0 bridgehead atoms. The van der Waals surface area contributed by atoms with Gasteiger partial charge in [-0.3, -0.25) is 4.79 Å². The summed E-state index contributed by atoms with van der Waals surface area (Å²) in [6, 6.07) is 22.1. The van der Waals surface area contributed by atoms with Crippen molar-refractivity contribution in [2.24, 2.45) is 0 Å². The Balaban J connectivity index is 1.76. The molecule has 0 fully saturated rings. The van der Waals surface area contributed by atoms with Crippen LogP contribution in [0.4, 0.5) is 5.69 Å². The summed E-state index contributed by atoms with van der Waals surface area (Å²) in [6.07, 6.45) is 0.145. The molecule has 35 heavy (non-hydrogen) atoms. The first-order valence-corrected chi connectivity index (χ1v) is 12.4. The third kappa shape index (κ3) is 5.85. The molecule has 4 aromatic rings. The number of carboxylic acid groups (broad SMARTS) is 1. The van der Waals surface area contributed by atoms with Crippen molar-refractivity contribution >= 4 is 52.1 Å². The van der Waals surface area contributed by atoms with Crippen molar-refractivity contribution in [2.45, 2.75) is 19.0 Å². The Labute approximate surface area is 217 Å². The Morgan fingerprint density at radius 2 is 1.74 bits per heavy atom. The van der Waals surface area contributed by atoms with Crippen LogP contribution in [0, 0.1) is 0 Å². The summed E-state index contributed by atoms with van der Waals surface area (Å²) < 4.78 is 0. The van der Waals surface area contributed by atoms with Crippen molar-refractivity contribution in [1.82, 2.24) is 4.90 Å². The second-order valence-corrected chi connectivity index (χ2v) is 9.83. The number of hydrogen-bond acceptors (Lipinski definition) is 4. The maximum absolute atomic E-state index is 13.8. The van der Waals surface area contributed by atoms with Crippen LogP contribution in [0.5, 0.6) is 0 Å². The van der Waals surface area contributed by atoms with Crippen LogP contribution in [0.2, 0.25) is 10.0 Å². The second-order valence-electron chi connectivity index (χ2n) is 7.98. The van der Waals surface area contributed by atoms with Crippen LogP contribution in [0.1, 0.15) is 20.8 Å². The van der Waals surface area contributed by atoms with Crippen molar-refractivity contribution < 1.29 is 14.7 Å². The predicted octanol–water partition coefficient (Wildman–Crippen LogP) is 6.64. The van der Waals surface area contributed by atoms with Gasteiger partial charge in [-0.15, -0.1) is 11.3 Å². The highest BCUT2D eigenvalue weighted by Crippen LogP contribution is 2.32. The molecule has 0 unspecified atom stereocenters. The number of rotatable bonds is 8. The largest absolute Gasteiger partial charge is 0.480 e. The van der Waals surface area contributed by atoms with Crippen LogP contribution < -0.4 is 5.73 Å². The summed E-state index contributed by atoms with van der Waals surface area (Å²) in [5, 5.41) is 12.7. The van der Waals surface area contributed by atoms with Gasteiger partial charge in [-0.25, -0.2) is 4.79 Å². The average molecular weight is 525 g/mol. The van der Waals surface area contributed by atoms with Crippen molar-refractivity contribution in [1.29, 1.82) is 0 Å². The number of carbonyl (C=O) groups is 2. The number of carboxylic acids is 1. The summed E-state index contributed by atoms with van der Waals surface area (Å²) in [4.78, 5) is 28.5. The minimum Gasteiger partial charge on any atom is -0.480 e. The number of aliphatic carboxylic acids is 1. The van der Waals surface area contributed by atoms with Gasteiger partial charge in [-0.1, -0.05) is 65.7 Å². The summed E-state index contributed by atoms with van der Waals surface area (Å²) in [6.45, 7) is 0.0867. The van der Waals surface area contributed by atoms with Gasteiger partial charge in [0.1, 0.15) is 6.04 Å². The number of carbonyl (C=O) groups excluding carboxylic acids is 1. The Bertz CT molecular complexity index is 1360. The molecule has 0 saturated carbocycles. The number of nitrogens with zero attached hydrogens (tertiary/aromatic N) is 1. The van der Waals surface area contributed by atoms with E-state index in [2.05, 4.69) is 0 Å². The first-order chi connectivity index (χ1) is 16.8. The summed E-state index contributed by atoms with van der Waals surface area (Å²) >= 11 is 13.8. The molecule has 0 aliphatic carbocycles. The SMILES string of the molecule is Nc1cccc(-c2ccsc2CN(C(=O)c2ccc(Cl)cc2Cl)[C@@H](Cc2ccccc2)C(=O)O)c1. The number of thiophene rings is 1. The van der Waals surface area contributed by atoms with E-state index in [1.165, 1.54) is 28.4 Å². The topological polar surface area (TPSA) is 83.6 Å². The van der Waals surface area contributed by atoms with Crippen LogP contribution in [0.25, 0.3) is 11.1 Å². The van der Waals surface area contributed by atoms with Crippen molar-refractivity contribution in [2.75, 3.05) is 5.73 Å². The van der Waals surface area contributed by atoms with Crippen LogP contribution in [-0.4, -0.2) is 27.9 Å². The highest BCUT2D eigenvalue weighted by Gasteiger charge is 2.32. The predicted molar refractivity (Wildman–Crippen MR) is 142 cm³/mol. The first kappa shape index (κ1) is 24.8. The summed E-state index contributed by atoms with van der Waals surface area (Å²) in [7, 11) is 0. The van der Waals surface area contributed by atoms with Gasteiger partial charge >= 0.3 is 5.97 Å². The highest BCUT2D eigenvalue weighted by atomic mass is 35.5. The standard InChI is InChI=1S/C27H22Cl2N2O3S/c28-19-9-10-22(23(29)15-19)26(32)31(24(27(33)34)13-17-5-2-1-3-6-17)16-25-21(11-12-35-25)18-7-4-8-20(30)14-18/h1-12,14-15,24H,13,16,30H2,(H,33,34)/t24-/m0/s1. The second kappa shape index (κ2) is 11.0. The van der Waals surface area contributed by atoms with E-state index in [4.69, 9.17) is 28.9 Å². The van der Waals surface area contributed by atoms with Crippen molar-refractivity contribution in [3.63, 3.8) is 0 Å². The van der Waals surface area contributed by atoms with E-state index in [9.17, 15) is 14.7 Å². The third-order valence-corrected chi connectivity index (χ3v) is 7.07. The third-order valence-electron chi connectivity index (χ3n) is 5.61. The number of halogens is 2. The lowest BCUT2D eigenvalue weighted by atomic mass is 10.0. The van der Waals surface area contributed by atoms with Crippen LogP contribution in [-0.2, 0) is 17.8 Å². The van der Waals surface area contributed by atoms with Gasteiger partial charge in [-0.05, 0) is 58.5 Å². The average Bonchev–Trinajstić information content (AvgIpc) is 3.30. The zero-order chi connectivity index (χ0) is 24.9. The molecule has 5 nitrogen and oxygen atoms in total. The Morgan fingerprint density at radius 1 is 0.971 bits per heavy atom. The molecule has 178 valence electrons. The van der Waals surface area contributed by atoms with Crippen LogP contribution in [0.3, 0.4) is 0 Å². The number of hydrogen-bond donors (Lipinski definition) is 2. The Hall–Kier alpha value is -3.32. The summed E-state index contributed by atoms with van der Waals surface area (Å²) in [5.41, 5.74) is 9.39. The molecule has 0 aliphatic rings. The molecule has 1 heterocycles. The van der Waals surface area contributed by atoms with Crippen molar-refractivity contribution in [3.05, 3.63) is 110 Å². The van der Waals surface area contributed by atoms with E-state index in [0.29, 0.717) is 10.7 Å². The smallest absolute Gasteiger partial charge is 0.326 e. The number of anilines is 1. The van der Waals surface area contributed by atoms with Gasteiger partial charge in [-0.2, -0.15) is 0 Å². The van der Waals surface area contributed by atoms with E-state index < -0.39 is 17.9 Å². The number of nitrogen functional groups attached to an aromatic ring is 1. The molecule has 0 aliphatic heterocycles. The van der Waals surface area contributed by atoms with E-state index in [-0.39, 0.29) is 23.6 Å². The molecule has 3 N–H and O–H groups in total. The lowest BCUT2D eigenvalue weighted by Gasteiger charge is -2.30. The first-order valence-electron chi connectivity index (χ1n) is 10.8. The molecule has 0 saturated heterocycles. The molecular weight excluding hydrogens is 503 g/mol. The van der Waals surface area contributed by atoms with Crippen molar-refractivity contribution in [3.8, 4) is 11.1 Å². The molecule has 8 heteroatoms. The highest BCUT2D eigenvalue weighted by molar-refractivity contribution is 7.10. The minimum absolute atomic E-state index is 0.0867. The fourth-order valence-corrected chi connectivity index (χ4v) is 5.27. The molecule has 4 rings (SSSR count). The summed E-state index contributed by atoms with van der Waals surface area (Å²) in [5.74, 6) is -1.59. The minimum atomic E-state index is -1.12. The van der Waals surface area contributed by atoms with Gasteiger partial charge < -0.3 is 15.7 Å². The Kier molecular flexibility index (Phi) is 7.76. The van der Waals surface area contributed by atoms with Crippen LogP contribution in [0.15, 0.2) is 84.2 Å². The molecule has 1 amide bonds. The van der Waals surface area contributed by atoms with Gasteiger partial charge in [0, 0.05) is 22.0 Å². The number of amides is 1. The van der Waals surface area contributed by atoms with Crippen LogP contribution >= 0.6 is 34.5 Å². The maximum atomic E-state index is 13.8. The normalized spacial score (nSPS) is 11.7. The fraction of sp³-hybridized carbons (Fsp3) is 0.111. The van der Waals surface area contributed by atoms with E-state index in [0.717, 1.165) is 21.6 Å². The van der Waals surface area contributed by atoms with Gasteiger partial charge in [0.2, 0.25) is 0 Å². The maximum Gasteiger partial charge on any atom is 0.326 e. The monoisotopic (exact) mass is 524 g/mol. The quantitative estimate of drug-likeness (QED) is 0.253.